The van der Waals surface area contributed by atoms with Gasteiger partial charge in [-0.25, -0.2) is 14.8 Å². The zero-order valence-electron chi connectivity index (χ0n) is 46.4. The lowest BCUT2D eigenvalue weighted by molar-refractivity contribution is -0.156. The number of pyridine rings is 1. The van der Waals surface area contributed by atoms with Crippen LogP contribution >= 0.6 is 11.3 Å². The second kappa shape index (κ2) is 22.9. The van der Waals surface area contributed by atoms with Crippen molar-refractivity contribution in [2.45, 2.75) is 128 Å². The second-order valence-electron chi connectivity index (χ2n) is 23.1. The van der Waals surface area contributed by atoms with Gasteiger partial charge >= 0.3 is 12.1 Å². The molecule has 3 aliphatic heterocycles. The molecule has 11 rings (SSSR count). The first-order valence-electron chi connectivity index (χ1n) is 28.2. The number of nitrogens with zero attached hydrogens (tertiary/aromatic N) is 7. The van der Waals surface area contributed by atoms with E-state index in [1.807, 2.05) is 99.3 Å². The second-order valence-corrected chi connectivity index (χ2v) is 24.1. The van der Waals surface area contributed by atoms with E-state index in [1.165, 1.54) is 16.2 Å². The van der Waals surface area contributed by atoms with Gasteiger partial charge in [0.1, 0.15) is 23.2 Å². The molecule has 4 aromatic carbocycles. The van der Waals surface area contributed by atoms with Crippen LogP contribution in [0.4, 0.5) is 29.8 Å². The molecule has 0 bridgehead atoms. The summed E-state index contributed by atoms with van der Waals surface area (Å²) in [6, 6.07) is 26.8. The molecule has 2 saturated heterocycles. The molecule has 3 aromatic heterocycles. The number of carbonyl (C=O) groups excluding carboxylic acids is 4. The van der Waals surface area contributed by atoms with Crippen molar-refractivity contribution in [1.29, 1.82) is 0 Å². The fourth-order valence-electron chi connectivity index (χ4n) is 12.2. The van der Waals surface area contributed by atoms with Crippen molar-refractivity contribution in [3.05, 3.63) is 125 Å². The first-order valence-corrected chi connectivity index (χ1v) is 29.0. The standard InChI is InChI=1S/C62H68F3N9O6S/c1-37-42(43-25-27-53(67-56(43)59(78)80-61(2,3)4)73-31-29-39-13-10-15-44(47(39)35-73)57(76)69-60-66-48-16-6-7-18-51(48)81-60)14-11-17-50(37)79-41-22-19-38(20-23-41)12-8-9-30-72-32-33-74(52(36-72)62(63,64)65)40-21-24-45-49(34-40)71(5)70-55(45)46-26-28-54(75)68-58(46)77/h6-7,10-11,13-18,21,24-25,27,34,38,41,46,52H,8-9,12,19-20,22-23,26,28-33,35-36H2,1-5H3,(H,66,69,76)(H,68,75,77)/t38?,41?,46?,52-/m1/s1. The number of alkyl halides is 3. The highest BCUT2D eigenvalue weighted by Crippen LogP contribution is 2.40. The molecule has 424 valence electrons. The summed E-state index contributed by atoms with van der Waals surface area (Å²) in [5.41, 5.74) is 6.77. The number of nitrogens with one attached hydrogen (secondary N) is 2. The zero-order valence-corrected chi connectivity index (χ0v) is 47.2. The zero-order chi connectivity index (χ0) is 56.7. The molecule has 4 aliphatic rings. The third kappa shape index (κ3) is 12.2. The maximum atomic E-state index is 14.8. The first kappa shape index (κ1) is 55.5. The summed E-state index contributed by atoms with van der Waals surface area (Å²) < 4.78 is 59.6. The number of rotatable bonds is 14. The van der Waals surface area contributed by atoms with Crippen LogP contribution in [-0.4, -0.2) is 105 Å². The highest BCUT2D eigenvalue weighted by atomic mass is 32.1. The molecule has 19 heteroatoms. The number of aryl methyl sites for hydroxylation is 1. The van der Waals surface area contributed by atoms with Gasteiger partial charge in [-0.05, 0) is 162 Å². The van der Waals surface area contributed by atoms with E-state index in [2.05, 4.69) is 31.7 Å². The van der Waals surface area contributed by atoms with Gasteiger partial charge in [-0.15, -0.1) is 0 Å². The Morgan fingerprint density at radius 1 is 0.852 bits per heavy atom. The number of benzene rings is 4. The van der Waals surface area contributed by atoms with Crippen molar-refractivity contribution in [2.75, 3.05) is 47.8 Å². The lowest BCUT2D eigenvalue weighted by Gasteiger charge is -2.43. The van der Waals surface area contributed by atoms with E-state index in [1.54, 1.807) is 29.9 Å². The summed E-state index contributed by atoms with van der Waals surface area (Å²) in [5, 5.41) is 11.2. The van der Waals surface area contributed by atoms with Crippen LogP contribution in [-0.2, 0) is 34.3 Å². The fourth-order valence-corrected chi connectivity index (χ4v) is 13.1. The Balaban J connectivity index is 0.694. The topological polar surface area (TPSA) is 164 Å². The number of piperidine rings is 1. The number of piperazine rings is 1. The van der Waals surface area contributed by atoms with Gasteiger partial charge in [0.15, 0.2) is 10.8 Å². The summed E-state index contributed by atoms with van der Waals surface area (Å²) in [4.78, 5) is 67.5. The average molecular weight is 1120 g/mol. The van der Waals surface area contributed by atoms with Crippen LogP contribution in [0.5, 0.6) is 5.75 Å². The van der Waals surface area contributed by atoms with E-state index in [0.717, 1.165) is 83.2 Å². The lowest BCUT2D eigenvalue weighted by atomic mass is 9.84. The van der Waals surface area contributed by atoms with Gasteiger partial charge in [0, 0.05) is 68.4 Å². The lowest BCUT2D eigenvalue weighted by Crippen LogP contribution is -2.59. The highest BCUT2D eigenvalue weighted by Gasteiger charge is 2.47. The number of aromatic nitrogens is 4. The minimum atomic E-state index is -4.44. The number of anilines is 3. The first-order chi connectivity index (χ1) is 38.8. The Hall–Kier alpha value is -7.38. The molecule has 2 N–H and O–H groups in total. The summed E-state index contributed by atoms with van der Waals surface area (Å²) in [6.07, 6.45) is 3.32. The third-order valence-electron chi connectivity index (χ3n) is 16.4. The van der Waals surface area contributed by atoms with E-state index in [9.17, 15) is 32.3 Å². The number of para-hydroxylation sites is 1. The van der Waals surface area contributed by atoms with Crippen LogP contribution in [0.15, 0.2) is 91.0 Å². The van der Waals surface area contributed by atoms with Crippen molar-refractivity contribution in [1.82, 2.24) is 30.0 Å². The van der Waals surface area contributed by atoms with E-state index < -0.39 is 35.6 Å². The number of amides is 3. The largest absolute Gasteiger partial charge is 0.490 e. The van der Waals surface area contributed by atoms with Gasteiger partial charge in [-0.1, -0.05) is 60.6 Å². The molecule has 81 heavy (non-hydrogen) atoms. The minimum Gasteiger partial charge on any atom is -0.490 e. The third-order valence-corrected chi connectivity index (χ3v) is 17.4. The van der Waals surface area contributed by atoms with Gasteiger partial charge in [0.2, 0.25) is 11.8 Å². The normalized spacial score (nSPS) is 20.1. The molecule has 2 atom stereocenters. The molecule has 1 unspecified atom stereocenters. The van der Waals surface area contributed by atoms with Gasteiger partial charge in [-0.3, -0.25) is 34.6 Å². The van der Waals surface area contributed by atoms with E-state index in [-0.39, 0.29) is 43.1 Å². The number of carbonyl (C=O) groups is 4. The van der Waals surface area contributed by atoms with Gasteiger partial charge < -0.3 is 19.3 Å². The van der Waals surface area contributed by atoms with E-state index in [4.69, 9.17) is 14.5 Å². The highest BCUT2D eigenvalue weighted by molar-refractivity contribution is 7.22. The van der Waals surface area contributed by atoms with Crippen molar-refractivity contribution < 1.29 is 41.8 Å². The number of imide groups is 1. The molecule has 0 spiro atoms. The molecular weight excluding hydrogens is 1060 g/mol. The Labute approximate surface area is 473 Å². The molecular formula is C62H68F3N9O6S. The van der Waals surface area contributed by atoms with Gasteiger partial charge in [-0.2, -0.15) is 18.3 Å². The summed E-state index contributed by atoms with van der Waals surface area (Å²) in [6.45, 7) is 9.78. The Morgan fingerprint density at radius 2 is 1.65 bits per heavy atom. The number of thiazole rings is 1. The van der Waals surface area contributed by atoms with Gasteiger partial charge in [0.05, 0.1) is 33.4 Å². The quantitative estimate of drug-likeness (QED) is 0.0603. The monoisotopic (exact) mass is 1120 g/mol. The van der Waals surface area contributed by atoms with Crippen molar-refractivity contribution >= 4 is 72.8 Å². The maximum Gasteiger partial charge on any atom is 0.409 e. The predicted molar refractivity (Wildman–Crippen MR) is 308 cm³/mol. The average Bonchev–Trinajstić information content (AvgIpc) is 4.26. The number of esters is 1. The molecule has 0 radical (unpaired) electrons. The van der Waals surface area contributed by atoms with E-state index in [0.29, 0.717) is 89.3 Å². The Kier molecular flexibility index (Phi) is 15.7. The number of hydrogen-bond donors (Lipinski definition) is 2. The van der Waals surface area contributed by atoms with Crippen LogP contribution in [0.25, 0.3) is 32.2 Å². The molecule has 7 aromatic rings. The van der Waals surface area contributed by atoms with Crippen molar-refractivity contribution in [2.24, 2.45) is 13.0 Å². The van der Waals surface area contributed by atoms with E-state index >= 15 is 0 Å². The molecule has 3 amide bonds. The Bertz CT molecular complexity index is 3500. The number of fused-ring (bicyclic) bond motifs is 3. The van der Waals surface area contributed by atoms with Crippen LogP contribution in [0.1, 0.15) is 128 Å². The van der Waals surface area contributed by atoms with Gasteiger partial charge in [0.25, 0.3) is 5.91 Å². The van der Waals surface area contributed by atoms with Crippen LogP contribution in [0.2, 0.25) is 0 Å². The van der Waals surface area contributed by atoms with Crippen LogP contribution in [0.3, 0.4) is 0 Å². The maximum absolute atomic E-state index is 14.8. The summed E-state index contributed by atoms with van der Waals surface area (Å²) in [7, 11) is 1.72. The number of ether oxygens (including phenoxy) is 2. The molecule has 3 fully saturated rings. The molecule has 1 saturated carbocycles. The number of halogens is 3. The Morgan fingerprint density at radius 3 is 2.43 bits per heavy atom. The number of hydrogen-bond acceptors (Lipinski definition) is 13. The fraction of sp³-hybridized carbons (Fsp3) is 0.435. The SMILES string of the molecule is Cc1c(OC2CCC(CCCCN3CCN(c4ccc5c(C6CCC(=O)NC6=O)nn(C)c5c4)[C@@H](C(F)(F)F)C3)CC2)cccc1-c1ccc(N2CCc3cccc(C(=O)Nc4nc5ccccc5s4)c3C2)nc1C(=O)OC(C)(C)C. The molecule has 15 nitrogen and oxygen atoms in total. The molecule has 6 heterocycles. The predicted octanol–water partition coefficient (Wildman–Crippen LogP) is 11.7. The smallest absolute Gasteiger partial charge is 0.409 e. The summed E-state index contributed by atoms with van der Waals surface area (Å²) >= 11 is 1.43. The minimum absolute atomic E-state index is 0.0118. The summed E-state index contributed by atoms with van der Waals surface area (Å²) in [5.74, 6) is -0.239. The van der Waals surface area contributed by atoms with Crippen LogP contribution < -0.4 is 25.2 Å². The number of unbranched alkanes of at least 4 members (excludes halogenated alkanes) is 1. The molecule has 1 aliphatic carbocycles. The van der Waals surface area contributed by atoms with Crippen molar-refractivity contribution in [3.8, 4) is 16.9 Å². The van der Waals surface area contributed by atoms with Crippen LogP contribution in [0, 0.1) is 12.8 Å². The van der Waals surface area contributed by atoms with Crippen molar-refractivity contribution in [3.63, 3.8) is 0 Å².